The van der Waals surface area contributed by atoms with Crippen molar-refractivity contribution in [2.24, 2.45) is 4.99 Å². The van der Waals surface area contributed by atoms with Gasteiger partial charge in [0.2, 0.25) is 0 Å². The van der Waals surface area contributed by atoms with Gasteiger partial charge in [0, 0.05) is 11.6 Å². The zero-order valence-corrected chi connectivity index (χ0v) is 14.0. The van der Waals surface area contributed by atoms with Crippen LogP contribution in [0.25, 0.3) is 0 Å². The van der Waals surface area contributed by atoms with Gasteiger partial charge >= 0.3 is 0 Å². The minimum atomic E-state index is -0.0988. The van der Waals surface area contributed by atoms with E-state index in [4.69, 9.17) is 4.99 Å². The summed E-state index contributed by atoms with van der Waals surface area (Å²) in [5, 5.41) is 0. The second-order valence-electron chi connectivity index (χ2n) is 6.33. The molecule has 114 valence electrons. The van der Waals surface area contributed by atoms with Crippen molar-refractivity contribution < 1.29 is 0 Å². The van der Waals surface area contributed by atoms with Gasteiger partial charge in [-0.1, -0.05) is 66.6 Å². The number of para-hydroxylation sites is 1. The molecular weight excluding hydrogens is 266 g/mol. The topological polar surface area (TPSA) is 12.4 Å². The number of hydrogen-bond acceptors (Lipinski definition) is 1. The fourth-order valence-corrected chi connectivity index (χ4v) is 2.50. The van der Waals surface area contributed by atoms with Crippen molar-refractivity contribution in [3.05, 3.63) is 77.4 Å². The smallest absolute Gasteiger partial charge is 0.0626 e. The van der Waals surface area contributed by atoms with Gasteiger partial charge in [0.1, 0.15) is 0 Å². The Morgan fingerprint density at radius 1 is 0.909 bits per heavy atom. The Kier molecular flexibility index (Phi) is 5.32. The monoisotopic (exact) mass is 291 g/mol. The van der Waals surface area contributed by atoms with Crippen molar-refractivity contribution in [1.82, 2.24) is 0 Å². The summed E-state index contributed by atoms with van der Waals surface area (Å²) in [5.74, 6) is 0. The number of nitrogens with zero attached hydrogens (tertiary/aromatic N) is 1. The van der Waals surface area contributed by atoms with E-state index < -0.39 is 0 Å². The maximum absolute atomic E-state index is 4.72. The highest BCUT2D eigenvalue weighted by atomic mass is 14.7. The second-order valence-corrected chi connectivity index (χ2v) is 6.33. The third kappa shape index (κ3) is 4.17. The molecule has 0 saturated carbocycles. The van der Waals surface area contributed by atoms with E-state index in [0.717, 1.165) is 12.1 Å². The van der Waals surface area contributed by atoms with E-state index >= 15 is 0 Å². The summed E-state index contributed by atoms with van der Waals surface area (Å²) >= 11 is 0. The molecule has 1 nitrogen and oxygen atoms in total. The molecule has 0 amide bonds. The average Bonchev–Trinajstić information content (AvgIpc) is 2.54. The Bertz CT molecular complexity index is 649. The fourth-order valence-electron chi connectivity index (χ4n) is 2.50. The maximum atomic E-state index is 4.72. The van der Waals surface area contributed by atoms with E-state index in [2.05, 4.69) is 64.2 Å². The first kappa shape index (κ1) is 16.2. The summed E-state index contributed by atoms with van der Waals surface area (Å²) in [5.41, 5.74) is 5.01. The molecule has 0 heterocycles. The Hall–Kier alpha value is -2.15. The molecule has 1 atom stereocenters. The first-order valence-electron chi connectivity index (χ1n) is 7.80. The summed E-state index contributed by atoms with van der Waals surface area (Å²) < 4.78 is 0. The first-order valence-corrected chi connectivity index (χ1v) is 7.80. The molecule has 0 aliphatic heterocycles. The van der Waals surface area contributed by atoms with Crippen LogP contribution in [0.15, 0.2) is 76.8 Å². The number of benzene rings is 2. The van der Waals surface area contributed by atoms with Gasteiger partial charge in [-0.05, 0) is 44.9 Å². The molecule has 1 unspecified atom stereocenters. The van der Waals surface area contributed by atoms with Crippen LogP contribution in [0.5, 0.6) is 0 Å². The van der Waals surface area contributed by atoms with E-state index in [0.29, 0.717) is 0 Å². The van der Waals surface area contributed by atoms with E-state index in [-0.39, 0.29) is 5.41 Å². The second kappa shape index (κ2) is 7.22. The van der Waals surface area contributed by atoms with E-state index in [9.17, 15) is 0 Å². The Morgan fingerprint density at radius 3 is 2.00 bits per heavy atom. The predicted octanol–water partition coefficient (Wildman–Crippen LogP) is 6.09. The van der Waals surface area contributed by atoms with E-state index in [1.54, 1.807) is 0 Å². The lowest BCUT2D eigenvalue weighted by atomic mass is 9.77. The van der Waals surface area contributed by atoms with E-state index in [1.165, 1.54) is 16.7 Å². The Morgan fingerprint density at radius 2 is 1.45 bits per heavy atom. The van der Waals surface area contributed by atoms with Crippen LogP contribution in [-0.4, -0.2) is 6.21 Å². The van der Waals surface area contributed by atoms with E-state index in [1.807, 2.05) is 30.3 Å². The molecule has 2 aromatic rings. The van der Waals surface area contributed by atoms with Crippen LogP contribution >= 0.6 is 0 Å². The number of allylic oxidation sites excluding steroid dienone is 2. The Labute approximate surface area is 134 Å². The highest BCUT2D eigenvalue weighted by Gasteiger charge is 2.25. The van der Waals surface area contributed by atoms with Gasteiger partial charge in [0.15, 0.2) is 0 Å². The summed E-state index contributed by atoms with van der Waals surface area (Å²) in [6, 6.07) is 20.8. The molecule has 0 radical (unpaired) electrons. The average molecular weight is 291 g/mol. The molecular formula is C21H25N. The molecule has 0 bridgehead atoms. The van der Waals surface area contributed by atoms with Crippen LogP contribution in [0.4, 0.5) is 5.69 Å². The Balaban J connectivity index is 2.38. The molecule has 0 aromatic heterocycles. The minimum Gasteiger partial charge on any atom is -0.260 e. The highest BCUT2D eigenvalue weighted by Crippen LogP contribution is 2.31. The van der Waals surface area contributed by atoms with Crippen LogP contribution in [-0.2, 0) is 5.41 Å². The molecule has 0 saturated heterocycles. The number of hydrogen-bond donors (Lipinski definition) is 0. The molecule has 1 heteroatoms. The molecule has 0 fully saturated rings. The molecule has 2 aromatic carbocycles. The van der Waals surface area contributed by atoms with Crippen LogP contribution in [0.3, 0.4) is 0 Å². The van der Waals surface area contributed by atoms with Crippen LogP contribution in [0, 0.1) is 0 Å². The SMILES string of the molecule is CC(C)=C(C)CC(C)(C=Nc1ccccc1)c1ccccc1. The minimum absolute atomic E-state index is 0.0988. The van der Waals surface area contributed by atoms with Crippen molar-refractivity contribution in [2.75, 3.05) is 0 Å². The number of aliphatic imine (C=N–C) groups is 1. The highest BCUT2D eigenvalue weighted by molar-refractivity contribution is 5.76. The van der Waals surface area contributed by atoms with Gasteiger partial charge < -0.3 is 0 Å². The van der Waals surface area contributed by atoms with Gasteiger partial charge in [0.05, 0.1) is 5.69 Å². The van der Waals surface area contributed by atoms with Crippen molar-refractivity contribution in [3.8, 4) is 0 Å². The van der Waals surface area contributed by atoms with Gasteiger partial charge in [0.25, 0.3) is 0 Å². The van der Waals surface area contributed by atoms with Crippen molar-refractivity contribution in [2.45, 2.75) is 39.5 Å². The quantitative estimate of drug-likeness (QED) is 0.466. The standard InChI is InChI=1S/C21H25N/c1-17(2)18(3)15-21(4,19-11-7-5-8-12-19)16-22-20-13-9-6-10-14-20/h5-14,16H,15H2,1-4H3. The van der Waals surface area contributed by atoms with Crippen molar-refractivity contribution >= 4 is 11.9 Å². The predicted molar refractivity (Wildman–Crippen MR) is 97.1 cm³/mol. The normalized spacial score (nSPS) is 13.8. The fraction of sp³-hybridized carbons (Fsp3) is 0.286. The lowest BCUT2D eigenvalue weighted by Gasteiger charge is -2.27. The summed E-state index contributed by atoms with van der Waals surface area (Å²) in [4.78, 5) is 4.72. The molecule has 0 spiro atoms. The maximum Gasteiger partial charge on any atom is 0.0626 e. The lowest BCUT2D eigenvalue weighted by Crippen LogP contribution is -2.24. The third-order valence-corrected chi connectivity index (χ3v) is 4.17. The van der Waals surface area contributed by atoms with Gasteiger partial charge in [-0.15, -0.1) is 0 Å². The van der Waals surface area contributed by atoms with Crippen molar-refractivity contribution in [1.29, 1.82) is 0 Å². The first-order chi connectivity index (χ1) is 10.5. The summed E-state index contributed by atoms with van der Waals surface area (Å²) in [7, 11) is 0. The zero-order valence-electron chi connectivity index (χ0n) is 14.0. The molecule has 22 heavy (non-hydrogen) atoms. The lowest BCUT2D eigenvalue weighted by molar-refractivity contribution is 0.638. The van der Waals surface area contributed by atoms with Crippen LogP contribution < -0.4 is 0 Å². The largest absolute Gasteiger partial charge is 0.260 e. The van der Waals surface area contributed by atoms with Gasteiger partial charge in [-0.2, -0.15) is 0 Å². The van der Waals surface area contributed by atoms with Crippen LogP contribution in [0.1, 0.15) is 39.7 Å². The van der Waals surface area contributed by atoms with Gasteiger partial charge in [-0.3, -0.25) is 4.99 Å². The van der Waals surface area contributed by atoms with Crippen molar-refractivity contribution in [3.63, 3.8) is 0 Å². The zero-order chi connectivity index (χ0) is 16.0. The van der Waals surface area contributed by atoms with Crippen LogP contribution in [0.2, 0.25) is 0 Å². The molecule has 0 aliphatic rings. The summed E-state index contributed by atoms with van der Waals surface area (Å²) in [6.07, 6.45) is 3.08. The summed E-state index contributed by atoms with van der Waals surface area (Å²) in [6.45, 7) is 8.83. The third-order valence-electron chi connectivity index (χ3n) is 4.17. The number of rotatable bonds is 5. The molecule has 0 aliphatic carbocycles. The molecule has 2 rings (SSSR count). The molecule has 0 N–H and O–H groups in total. The van der Waals surface area contributed by atoms with Gasteiger partial charge in [-0.25, -0.2) is 0 Å².